The summed E-state index contributed by atoms with van der Waals surface area (Å²) in [4.78, 5) is 24.0. The van der Waals surface area contributed by atoms with Gasteiger partial charge in [0.15, 0.2) is 0 Å². The molecule has 2 N–H and O–H groups in total. The van der Waals surface area contributed by atoms with E-state index in [9.17, 15) is 14.7 Å². The Bertz CT molecular complexity index is 951. The number of hydrogen-bond acceptors (Lipinski definition) is 3. The highest BCUT2D eigenvalue weighted by Crippen LogP contribution is 2.27. The Kier molecular flexibility index (Phi) is 4.99. The lowest BCUT2D eigenvalue weighted by atomic mass is 10.1. The van der Waals surface area contributed by atoms with Crippen molar-refractivity contribution in [2.75, 3.05) is 5.32 Å². The number of anilines is 1. The highest BCUT2D eigenvalue weighted by molar-refractivity contribution is 6.08. The molecule has 0 aliphatic carbocycles. The minimum atomic E-state index is -1.13. The van der Waals surface area contributed by atoms with Gasteiger partial charge in [0, 0.05) is 11.6 Å². The fourth-order valence-electron chi connectivity index (χ4n) is 2.52. The molecular weight excluding hydrogens is 330 g/mol. The summed E-state index contributed by atoms with van der Waals surface area (Å²) in [6.07, 6.45) is 0. The number of carbonyl (C=O) groups is 2. The van der Waals surface area contributed by atoms with Crippen LogP contribution in [0.2, 0.25) is 0 Å². The van der Waals surface area contributed by atoms with E-state index < -0.39 is 5.97 Å². The largest absolute Gasteiger partial charge is 0.478 e. The number of carboxylic acids is 1. The van der Waals surface area contributed by atoms with Crippen LogP contribution in [0.3, 0.4) is 0 Å². The molecular formula is C21H17NO4. The maximum atomic E-state index is 12.5. The van der Waals surface area contributed by atoms with Crippen LogP contribution in [0, 0.1) is 6.92 Å². The molecule has 0 aromatic heterocycles. The number of aromatic carboxylic acids is 1. The van der Waals surface area contributed by atoms with Crippen LogP contribution in [0.4, 0.5) is 5.69 Å². The Morgan fingerprint density at radius 3 is 2.23 bits per heavy atom. The Hall–Kier alpha value is -3.60. The van der Waals surface area contributed by atoms with Crippen molar-refractivity contribution in [2.24, 2.45) is 0 Å². The van der Waals surface area contributed by atoms with Crippen molar-refractivity contribution in [1.29, 1.82) is 0 Å². The molecule has 1 amide bonds. The Morgan fingerprint density at radius 1 is 0.846 bits per heavy atom. The van der Waals surface area contributed by atoms with E-state index in [1.54, 1.807) is 30.3 Å². The molecule has 0 spiro atoms. The normalized spacial score (nSPS) is 10.2. The second-order valence-corrected chi connectivity index (χ2v) is 5.70. The van der Waals surface area contributed by atoms with E-state index in [2.05, 4.69) is 5.32 Å². The van der Waals surface area contributed by atoms with Gasteiger partial charge in [0.2, 0.25) is 0 Å². The first-order chi connectivity index (χ1) is 12.5. The topological polar surface area (TPSA) is 75.6 Å². The third-order valence-corrected chi connectivity index (χ3v) is 3.84. The van der Waals surface area contributed by atoms with Gasteiger partial charge in [-0.15, -0.1) is 0 Å². The molecule has 0 saturated carbocycles. The van der Waals surface area contributed by atoms with Crippen LogP contribution < -0.4 is 10.1 Å². The van der Waals surface area contributed by atoms with E-state index in [4.69, 9.17) is 4.74 Å². The van der Waals surface area contributed by atoms with Gasteiger partial charge in [-0.25, -0.2) is 4.79 Å². The van der Waals surface area contributed by atoms with E-state index in [0.717, 1.165) is 5.56 Å². The summed E-state index contributed by atoms with van der Waals surface area (Å²) < 4.78 is 5.72. The first kappa shape index (κ1) is 17.2. The van der Waals surface area contributed by atoms with Gasteiger partial charge in [0.25, 0.3) is 5.91 Å². The Balaban J connectivity index is 1.91. The summed E-state index contributed by atoms with van der Waals surface area (Å²) >= 11 is 0. The van der Waals surface area contributed by atoms with Gasteiger partial charge in [-0.3, -0.25) is 4.79 Å². The van der Waals surface area contributed by atoms with Crippen LogP contribution in [0.25, 0.3) is 0 Å². The lowest BCUT2D eigenvalue weighted by Crippen LogP contribution is -2.16. The predicted molar refractivity (Wildman–Crippen MR) is 99.0 cm³/mol. The number of nitrogens with one attached hydrogen (secondary N) is 1. The van der Waals surface area contributed by atoms with Gasteiger partial charge >= 0.3 is 5.97 Å². The first-order valence-electron chi connectivity index (χ1n) is 8.02. The summed E-state index contributed by atoms with van der Waals surface area (Å²) in [5.41, 5.74) is 1.46. The van der Waals surface area contributed by atoms with Crippen molar-refractivity contribution in [3.8, 4) is 11.5 Å². The Morgan fingerprint density at radius 2 is 1.54 bits per heavy atom. The second-order valence-electron chi connectivity index (χ2n) is 5.70. The molecule has 0 bridgehead atoms. The van der Waals surface area contributed by atoms with Crippen molar-refractivity contribution in [1.82, 2.24) is 0 Å². The maximum Gasteiger partial charge on any atom is 0.337 e. The molecule has 0 radical (unpaired) electrons. The fraction of sp³-hybridized carbons (Fsp3) is 0.0476. The zero-order chi connectivity index (χ0) is 18.5. The second kappa shape index (κ2) is 7.53. The molecule has 0 heterocycles. The number of carbonyl (C=O) groups excluding carboxylic acids is 1. The van der Waals surface area contributed by atoms with Crippen LogP contribution in [0.15, 0.2) is 72.8 Å². The number of benzene rings is 3. The molecule has 0 atom stereocenters. The van der Waals surface area contributed by atoms with Gasteiger partial charge in [-0.05, 0) is 42.8 Å². The summed E-state index contributed by atoms with van der Waals surface area (Å²) in [7, 11) is 0. The van der Waals surface area contributed by atoms with Crippen molar-refractivity contribution in [3.63, 3.8) is 0 Å². The molecule has 5 nitrogen and oxygen atoms in total. The Labute approximate surface area is 150 Å². The maximum absolute atomic E-state index is 12.5. The van der Waals surface area contributed by atoms with E-state index in [1.165, 1.54) is 12.1 Å². The number of aryl methyl sites for hydroxylation is 1. The molecule has 0 aliphatic heterocycles. The van der Waals surface area contributed by atoms with Crippen molar-refractivity contribution < 1.29 is 19.4 Å². The van der Waals surface area contributed by atoms with Gasteiger partial charge in [0.1, 0.15) is 11.5 Å². The average molecular weight is 347 g/mol. The van der Waals surface area contributed by atoms with Crippen molar-refractivity contribution >= 4 is 17.6 Å². The van der Waals surface area contributed by atoms with E-state index in [1.807, 2.05) is 37.3 Å². The third-order valence-electron chi connectivity index (χ3n) is 3.84. The first-order valence-corrected chi connectivity index (χ1v) is 8.02. The smallest absolute Gasteiger partial charge is 0.337 e. The number of hydrogen-bond donors (Lipinski definition) is 2. The lowest BCUT2D eigenvalue weighted by molar-refractivity contribution is 0.0698. The molecule has 3 rings (SSSR count). The predicted octanol–water partition coefficient (Wildman–Crippen LogP) is 4.74. The highest BCUT2D eigenvalue weighted by atomic mass is 16.5. The number of ether oxygens (including phenoxy) is 1. The molecule has 5 heteroatoms. The molecule has 0 unspecified atom stereocenters. The number of carboxylic acid groups (broad SMARTS) is 1. The highest BCUT2D eigenvalue weighted by Gasteiger charge is 2.16. The summed E-state index contributed by atoms with van der Waals surface area (Å²) in [5, 5.41) is 12.1. The average Bonchev–Trinajstić information content (AvgIpc) is 2.63. The minimum absolute atomic E-state index is 0.00709. The minimum Gasteiger partial charge on any atom is -0.478 e. The number of rotatable bonds is 5. The van der Waals surface area contributed by atoms with Crippen LogP contribution in [0.1, 0.15) is 26.3 Å². The van der Waals surface area contributed by atoms with Crippen molar-refractivity contribution in [3.05, 3.63) is 89.5 Å². The zero-order valence-corrected chi connectivity index (χ0v) is 14.1. The lowest BCUT2D eigenvalue weighted by Gasteiger charge is -2.12. The SMILES string of the molecule is Cc1ccccc1C(=O)Nc1cc(Oc2ccccc2)ccc1C(=O)O. The van der Waals surface area contributed by atoms with Gasteiger partial charge in [-0.1, -0.05) is 36.4 Å². The van der Waals surface area contributed by atoms with Crippen LogP contribution in [-0.4, -0.2) is 17.0 Å². The summed E-state index contributed by atoms with van der Waals surface area (Å²) in [6.45, 7) is 1.82. The van der Waals surface area contributed by atoms with E-state index in [0.29, 0.717) is 17.1 Å². The number of amides is 1. The van der Waals surface area contributed by atoms with E-state index >= 15 is 0 Å². The molecule has 0 saturated heterocycles. The monoisotopic (exact) mass is 347 g/mol. The summed E-state index contributed by atoms with van der Waals surface area (Å²) in [5.74, 6) is -0.452. The van der Waals surface area contributed by atoms with E-state index in [-0.39, 0.29) is 17.2 Å². The molecule has 130 valence electrons. The van der Waals surface area contributed by atoms with Gasteiger partial charge in [0.05, 0.1) is 11.3 Å². The standard InChI is InChI=1S/C21H17NO4/c1-14-7-5-6-10-17(14)20(23)22-19-13-16(11-12-18(19)21(24)25)26-15-8-3-2-4-9-15/h2-13H,1H3,(H,22,23)(H,24,25). The molecule has 0 fully saturated rings. The van der Waals surface area contributed by atoms with Gasteiger partial charge < -0.3 is 15.2 Å². The third kappa shape index (κ3) is 3.89. The number of para-hydroxylation sites is 1. The molecule has 26 heavy (non-hydrogen) atoms. The zero-order valence-electron chi connectivity index (χ0n) is 14.1. The molecule has 3 aromatic rings. The summed E-state index contributed by atoms with van der Waals surface area (Å²) in [6, 6.07) is 20.7. The van der Waals surface area contributed by atoms with Gasteiger partial charge in [-0.2, -0.15) is 0 Å². The van der Waals surface area contributed by atoms with Crippen LogP contribution >= 0.6 is 0 Å². The quantitative estimate of drug-likeness (QED) is 0.699. The molecule has 0 aliphatic rings. The fourth-order valence-corrected chi connectivity index (χ4v) is 2.52. The molecule has 3 aromatic carbocycles. The van der Waals surface area contributed by atoms with Crippen molar-refractivity contribution in [2.45, 2.75) is 6.92 Å². The van der Waals surface area contributed by atoms with Crippen LogP contribution in [-0.2, 0) is 0 Å². The van der Waals surface area contributed by atoms with Crippen LogP contribution in [0.5, 0.6) is 11.5 Å².